The lowest BCUT2D eigenvalue weighted by Gasteiger charge is -2.13. The summed E-state index contributed by atoms with van der Waals surface area (Å²) in [7, 11) is -3.73. The summed E-state index contributed by atoms with van der Waals surface area (Å²) in [6.45, 7) is 9.20. The summed E-state index contributed by atoms with van der Waals surface area (Å²) in [5.41, 5.74) is 3.24. The Morgan fingerprint density at radius 2 is 1.77 bits per heavy atom. The van der Waals surface area contributed by atoms with Crippen LogP contribution in [0.15, 0.2) is 41.3 Å². The number of hydrogen-bond acceptors (Lipinski definition) is 5. The number of hydrogen-bond donors (Lipinski definition) is 2. The van der Waals surface area contributed by atoms with Crippen LogP contribution in [0.2, 0.25) is 0 Å². The maximum atomic E-state index is 12.7. The van der Waals surface area contributed by atoms with E-state index in [4.69, 9.17) is 9.47 Å². The first-order valence-electron chi connectivity index (χ1n) is 9.91. The van der Waals surface area contributed by atoms with Crippen LogP contribution < -0.4 is 14.8 Å². The lowest BCUT2D eigenvalue weighted by Crippen LogP contribution is -2.30. The Kier molecular flexibility index (Phi) is 8.68. The third-order valence-corrected chi connectivity index (χ3v) is 5.95. The van der Waals surface area contributed by atoms with Crippen molar-refractivity contribution in [1.29, 1.82) is 0 Å². The zero-order chi connectivity index (χ0) is 22.1. The van der Waals surface area contributed by atoms with Gasteiger partial charge in [-0.15, -0.1) is 0 Å². The number of benzene rings is 2. The summed E-state index contributed by atoms with van der Waals surface area (Å²) >= 11 is 0. The Bertz CT molecular complexity index is 973. The molecule has 30 heavy (non-hydrogen) atoms. The highest BCUT2D eigenvalue weighted by molar-refractivity contribution is 7.92. The van der Waals surface area contributed by atoms with Gasteiger partial charge in [0.2, 0.25) is 0 Å². The second kappa shape index (κ2) is 11.0. The van der Waals surface area contributed by atoms with E-state index in [1.165, 1.54) is 12.1 Å². The topological polar surface area (TPSA) is 93.7 Å². The first kappa shape index (κ1) is 23.7. The predicted molar refractivity (Wildman–Crippen MR) is 118 cm³/mol. The van der Waals surface area contributed by atoms with E-state index in [1.807, 2.05) is 26.8 Å². The molecule has 164 valence electrons. The molecule has 7 nitrogen and oxygen atoms in total. The lowest BCUT2D eigenvalue weighted by molar-refractivity contribution is -0.123. The number of rotatable bonds is 11. The highest BCUT2D eigenvalue weighted by Crippen LogP contribution is 2.24. The number of carbonyl (C=O) groups is 1. The van der Waals surface area contributed by atoms with Crippen molar-refractivity contribution in [1.82, 2.24) is 5.32 Å². The van der Waals surface area contributed by atoms with Gasteiger partial charge < -0.3 is 14.8 Å². The monoisotopic (exact) mass is 434 g/mol. The van der Waals surface area contributed by atoms with Crippen LogP contribution >= 0.6 is 0 Å². The predicted octanol–water partition coefficient (Wildman–Crippen LogP) is 3.33. The summed E-state index contributed by atoms with van der Waals surface area (Å²) in [5, 5.41) is 2.75. The van der Waals surface area contributed by atoms with Crippen molar-refractivity contribution in [2.24, 2.45) is 0 Å². The molecule has 0 spiro atoms. The molecule has 0 unspecified atom stereocenters. The van der Waals surface area contributed by atoms with E-state index in [-0.39, 0.29) is 17.4 Å². The molecule has 0 fully saturated rings. The highest BCUT2D eigenvalue weighted by atomic mass is 32.2. The maximum absolute atomic E-state index is 12.7. The molecule has 8 heteroatoms. The minimum atomic E-state index is -3.73. The van der Waals surface area contributed by atoms with E-state index < -0.39 is 10.0 Å². The first-order chi connectivity index (χ1) is 14.2. The molecule has 2 rings (SSSR count). The second-order valence-electron chi connectivity index (χ2n) is 7.02. The summed E-state index contributed by atoms with van der Waals surface area (Å²) in [6, 6.07) is 9.95. The summed E-state index contributed by atoms with van der Waals surface area (Å²) in [5.74, 6) is 0.226. The Morgan fingerprint density at radius 3 is 2.43 bits per heavy atom. The van der Waals surface area contributed by atoms with E-state index in [0.717, 1.165) is 17.5 Å². The van der Waals surface area contributed by atoms with Gasteiger partial charge in [-0.2, -0.15) is 0 Å². The minimum Gasteiger partial charge on any atom is -0.484 e. The molecule has 2 N–H and O–H groups in total. The molecule has 0 heterocycles. The van der Waals surface area contributed by atoms with Crippen LogP contribution in [-0.2, 0) is 19.6 Å². The Hall–Kier alpha value is -2.58. The van der Waals surface area contributed by atoms with Crippen molar-refractivity contribution in [3.05, 3.63) is 53.1 Å². The van der Waals surface area contributed by atoms with Gasteiger partial charge >= 0.3 is 0 Å². The molecule has 1 amide bonds. The molecule has 0 saturated carbocycles. The number of ether oxygens (including phenoxy) is 2. The number of anilines is 1. The molecule has 0 aliphatic carbocycles. The van der Waals surface area contributed by atoms with E-state index in [0.29, 0.717) is 36.8 Å². The maximum Gasteiger partial charge on any atom is 0.261 e. The number of amides is 1. The lowest BCUT2D eigenvalue weighted by atomic mass is 10.1. The third kappa shape index (κ3) is 7.03. The molecule has 2 aromatic rings. The molecule has 2 aromatic carbocycles. The largest absolute Gasteiger partial charge is 0.484 e. The van der Waals surface area contributed by atoms with Gasteiger partial charge in [0.15, 0.2) is 6.61 Å². The van der Waals surface area contributed by atoms with E-state index in [2.05, 4.69) is 10.0 Å². The van der Waals surface area contributed by atoms with Crippen LogP contribution in [-0.4, -0.2) is 40.7 Å². The van der Waals surface area contributed by atoms with E-state index in [1.54, 1.807) is 25.1 Å². The number of sulfonamides is 1. The minimum absolute atomic E-state index is 0.131. The molecule has 0 radical (unpaired) electrons. The van der Waals surface area contributed by atoms with Gasteiger partial charge in [0, 0.05) is 25.4 Å². The molecular formula is C22H30N2O5S. The molecular weight excluding hydrogens is 404 g/mol. The van der Waals surface area contributed by atoms with Gasteiger partial charge in [-0.1, -0.05) is 6.07 Å². The molecule has 0 aliphatic rings. The van der Waals surface area contributed by atoms with Gasteiger partial charge in [-0.05, 0) is 81.1 Å². The highest BCUT2D eigenvalue weighted by Gasteiger charge is 2.16. The van der Waals surface area contributed by atoms with Crippen molar-refractivity contribution < 1.29 is 22.7 Å². The smallest absolute Gasteiger partial charge is 0.261 e. The fraction of sp³-hybridized carbons (Fsp3) is 0.409. The SMILES string of the molecule is CCOCCCNC(=O)COc1ccc(S(=O)(=O)Nc2ccc(C)c(C)c2)cc1C. The molecule has 0 atom stereocenters. The van der Waals surface area contributed by atoms with Crippen LogP contribution in [0.1, 0.15) is 30.0 Å². The van der Waals surface area contributed by atoms with Gasteiger partial charge in [-0.25, -0.2) is 8.42 Å². The average molecular weight is 435 g/mol. The van der Waals surface area contributed by atoms with Crippen molar-refractivity contribution in [2.45, 2.75) is 39.0 Å². The third-order valence-electron chi connectivity index (χ3n) is 4.57. The first-order valence-corrected chi connectivity index (χ1v) is 11.4. The summed E-state index contributed by atoms with van der Waals surface area (Å²) in [4.78, 5) is 12.0. The Morgan fingerprint density at radius 1 is 1.00 bits per heavy atom. The number of aryl methyl sites for hydroxylation is 3. The number of carbonyl (C=O) groups excluding carboxylic acids is 1. The second-order valence-corrected chi connectivity index (χ2v) is 8.70. The normalized spacial score (nSPS) is 11.2. The fourth-order valence-corrected chi connectivity index (χ4v) is 3.84. The van der Waals surface area contributed by atoms with Gasteiger partial charge in [0.25, 0.3) is 15.9 Å². The molecule has 0 aliphatic heterocycles. The average Bonchev–Trinajstić information content (AvgIpc) is 2.69. The van der Waals surface area contributed by atoms with Crippen LogP contribution in [0, 0.1) is 20.8 Å². The Labute approximate surface area is 178 Å². The summed E-state index contributed by atoms with van der Waals surface area (Å²) in [6.07, 6.45) is 0.735. The zero-order valence-electron chi connectivity index (χ0n) is 17.9. The van der Waals surface area contributed by atoms with E-state index in [9.17, 15) is 13.2 Å². The van der Waals surface area contributed by atoms with Crippen LogP contribution in [0.3, 0.4) is 0 Å². The van der Waals surface area contributed by atoms with Crippen molar-refractivity contribution >= 4 is 21.6 Å². The number of nitrogens with one attached hydrogen (secondary N) is 2. The van der Waals surface area contributed by atoms with E-state index >= 15 is 0 Å². The fourth-order valence-electron chi connectivity index (χ4n) is 2.71. The van der Waals surface area contributed by atoms with Crippen molar-refractivity contribution in [2.75, 3.05) is 31.1 Å². The summed E-state index contributed by atoms with van der Waals surface area (Å²) < 4.78 is 38.7. The molecule has 0 bridgehead atoms. The molecule has 0 aromatic heterocycles. The van der Waals surface area contributed by atoms with Crippen molar-refractivity contribution in [3.8, 4) is 5.75 Å². The standard InChI is InChI=1S/C22H30N2O5S/c1-5-28-12-6-11-23-22(25)15-29-21-10-9-20(14-18(21)4)30(26,27)24-19-8-7-16(2)17(3)13-19/h7-10,13-14,24H,5-6,11-12,15H2,1-4H3,(H,23,25). The van der Waals surface area contributed by atoms with Gasteiger partial charge in [0.1, 0.15) is 5.75 Å². The van der Waals surface area contributed by atoms with Crippen LogP contribution in [0.4, 0.5) is 5.69 Å². The molecule has 0 saturated heterocycles. The van der Waals surface area contributed by atoms with Crippen molar-refractivity contribution in [3.63, 3.8) is 0 Å². The Balaban J connectivity index is 1.95. The van der Waals surface area contributed by atoms with Crippen LogP contribution in [0.5, 0.6) is 5.75 Å². The quantitative estimate of drug-likeness (QED) is 0.529. The van der Waals surface area contributed by atoms with Crippen LogP contribution in [0.25, 0.3) is 0 Å². The zero-order valence-corrected chi connectivity index (χ0v) is 18.8. The van der Waals surface area contributed by atoms with Gasteiger partial charge in [-0.3, -0.25) is 9.52 Å². The van der Waals surface area contributed by atoms with Gasteiger partial charge in [0.05, 0.1) is 4.90 Å².